The van der Waals surface area contributed by atoms with Gasteiger partial charge < -0.3 is 14.4 Å². The summed E-state index contributed by atoms with van der Waals surface area (Å²) in [5.74, 6) is -0.0494. The molecule has 7 nitrogen and oxygen atoms in total. The van der Waals surface area contributed by atoms with Gasteiger partial charge in [-0.2, -0.15) is 4.31 Å². The minimum absolute atomic E-state index is 0.0494. The number of benzene rings is 2. The van der Waals surface area contributed by atoms with E-state index in [1.54, 1.807) is 36.4 Å². The molecule has 5 rings (SSSR count). The van der Waals surface area contributed by atoms with E-state index in [4.69, 9.17) is 23.2 Å². The first-order chi connectivity index (χ1) is 16.8. The molecule has 184 valence electrons. The minimum Gasteiger partial charge on any atom is -0.368 e. The predicted octanol–water partition coefficient (Wildman–Crippen LogP) is 4.28. The van der Waals surface area contributed by atoms with Gasteiger partial charge >= 0.3 is 0 Å². The van der Waals surface area contributed by atoms with Gasteiger partial charge in [0.1, 0.15) is 0 Å². The second kappa shape index (κ2) is 9.85. The molecule has 0 spiro atoms. The molecular formula is C25H26Cl2N4O3S. The first kappa shape index (κ1) is 24.2. The molecule has 1 aromatic heterocycles. The first-order valence-corrected chi connectivity index (χ1v) is 13.7. The fraction of sp³-hybridized carbons (Fsp3) is 0.320. The molecule has 1 fully saturated rings. The number of nitrogens with zero attached hydrogens (tertiary/aromatic N) is 4. The lowest BCUT2D eigenvalue weighted by Crippen LogP contribution is -2.50. The Balaban J connectivity index is 1.32. The zero-order valence-electron chi connectivity index (χ0n) is 19.1. The lowest BCUT2D eigenvalue weighted by atomic mass is 10.1. The molecule has 3 aromatic rings. The third kappa shape index (κ3) is 4.80. The number of aromatic nitrogens is 1. The summed E-state index contributed by atoms with van der Waals surface area (Å²) >= 11 is 12.2. The number of piperazine rings is 1. The van der Waals surface area contributed by atoms with Crippen molar-refractivity contribution < 1.29 is 13.2 Å². The number of amides is 1. The standard InChI is InChI=1S/C25H26Cl2N4O3S/c26-21-9-8-19(17-22(21)27)28-11-13-30(14-12-28)25(32)18-24-23-7-4-10-29(23)15-16-31(24)35(33,34)20-5-2-1-3-6-20/h1-10,17,24H,11-16,18H2. The molecule has 10 heteroatoms. The van der Waals surface area contributed by atoms with Crippen molar-refractivity contribution >= 4 is 44.8 Å². The van der Waals surface area contributed by atoms with Crippen molar-refractivity contribution in [2.24, 2.45) is 0 Å². The van der Waals surface area contributed by atoms with Crippen molar-refractivity contribution in [2.45, 2.75) is 23.9 Å². The van der Waals surface area contributed by atoms with Crippen LogP contribution in [0.5, 0.6) is 0 Å². The highest BCUT2D eigenvalue weighted by Gasteiger charge is 2.38. The Morgan fingerprint density at radius 2 is 1.60 bits per heavy atom. The molecule has 1 atom stereocenters. The predicted molar refractivity (Wildman–Crippen MR) is 137 cm³/mol. The van der Waals surface area contributed by atoms with Gasteiger partial charge in [-0.15, -0.1) is 0 Å². The molecule has 0 aliphatic carbocycles. The molecule has 1 unspecified atom stereocenters. The Morgan fingerprint density at radius 3 is 2.31 bits per heavy atom. The third-order valence-corrected chi connectivity index (χ3v) is 9.39. The van der Waals surface area contributed by atoms with Crippen LogP contribution in [0.15, 0.2) is 71.8 Å². The van der Waals surface area contributed by atoms with Crippen LogP contribution in [0.25, 0.3) is 0 Å². The van der Waals surface area contributed by atoms with E-state index in [-0.39, 0.29) is 17.2 Å². The van der Waals surface area contributed by atoms with Crippen LogP contribution in [0, 0.1) is 0 Å². The summed E-state index contributed by atoms with van der Waals surface area (Å²) in [6.07, 6.45) is 2.04. The van der Waals surface area contributed by atoms with Crippen molar-refractivity contribution in [3.05, 3.63) is 82.6 Å². The molecule has 0 radical (unpaired) electrons. The molecule has 1 saturated heterocycles. The largest absolute Gasteiger partial charge is 0.368 e. The Bertz CT molecular complexity index is 1320. The zero-order valence-corrected chi connectivity index (χ0v) is 21.4. The third-order valence-electron chi connectivity index (χ3n) is 6.73. The number of anilines is 1. The molecule has 35 heavy (non-hydrogen) atoms. The van der Waals surface area contributed by atoms with Gasteiger partial charge in [0.15, 0.2) is 0 Å². The van der Waals surface area contributed by atoms with Crippen molar-refractivity contribution in [3.8, 4) is 0 Å². The van der Waals surface area contributed by atoms with Crippen LogP contribution in [-0.2, 0) is 21.4 Å². The van der Waals surface area contributed by atoms with E-state index in [2.05, 4.69) is 4.90 Å². The van der Waals surface area contributed by atoms with Crippen molar-refractivity contribution in [1.82, 2.24) is 13.8 Å². The van der Waals surface area contributed by atoms with Crippen LogP contribution >= 0.6 is 23.2 Å². The fourth-order valence-electron chi connectivity index (χ4n) is 4.86. The van der Waals surface area contributed by atoms with Crippen LogP contribution in [0.3, 0.4) is 0 Å². The van der Waals surface area contributed by atoms with E-state index >= 15 is 0 Å². The molecule has 0 bridgehead atoms. The second-order valence-corrected chi connectivity index (χ2v) is 11.4. The Labute approximate surface area is 215 Å². The summed E-state index contributed by atoms with van der Waals surface area (Å²) in [6.45, 7) is 3.31. The maximum Gasteiger partial charge on any atom is 0.243 e. The summed E-state index contributed by atoms with van der Waals surface area (Å²) in [7, 11) is -3.74. The van der Waals surface area contributed by atoms with Gasteiger partial charge in [0.25, 0.3) is 0 Å². The van der Waals surface area contributed by atoms with E-state index in [9.17, 15) is 13.2 Å². The molecular weight excluding hydrogens is 507 g/mol. The smallest absolute Gasteiger partial charge is 0.243 e. The normalized spacial score (nSPS) is 19.0. The quantitative estimate of drug-likeness (QED) is 0.491. The number of halogens is 2. The van der Waals surface area contributed by atoms with Gasteiger partial charge in [0.05, 0.1) is 21.0 Å². The van der Waals surface area contributed by atoms with Crippen molar-refractivity contribution in [3.63, 3.8) is 0 Å². The monoisotopic (exact) mass is 532 g/mol. The number of fused-ring (bicyclic) bond motifs is 1. The van der Waals surface area contributed by atoms with E-state index in [0.29, 0.717) is 49.3 Å². The summed E-state index contributed by atoms with van der Waals surface area (Å²) in [6, 6.07) is 17.2. The zero-order chi connectivity index (χ0) is 24.6. The van der Waals surface area contributed by atoms with Crippen LogP contribution < -0.4 is 4.90 Å². The average Bonchev–Trinajstić information content (AvgIpc) is 3.36. The molecule has 0 saturated carbocycles. The molecule has 0 N–H and O–H groups in total. The van der Waals surface area contributed by atoms with Gasteiger partial charge in [-0.3, -0.25) is 4.79 Å². The topological polar surface area (TPSA) is 65.9 Å². The van der Waals surface area contributed by atoms with Gasteiger partial charge in [0.2, 0.25) is 15.9 Å². The van der Waals surface area contributed by atoms with Crippen molar-refractivity contribution in [2.75, 3.05) is 37.6 Å². The Kier molecular flexibility index (Phi) is 6.81. The highest BCUT2D eigenvalue weighted by atomic mass is 35.5. The number of hydrogen-bond donors (Lipinski definition) is 0. The van der Waals surface area contributed by atoms with Gasteiger partial charge in [0, 0.05) is 63.3 Å². The summed E-state index contributed by atoms with van der Waals surface area (Å²) in [4.78, 5) is 17.6. The summed E-state index contributed by atoms with van der Waals surface area (Å²) in [5.41, 5.74) is 1.82. The SMILES string of the molecule is O=C(CC1c2cccn2CCN1S(=O)(=O)c1ccccc1)N1CCN(c2ccc(Cl)c(Cl)c2)CC1. The molecule has 2 aliphatic heterocycles. The Hall–Kier alpha value is -2.52. The number of sulfonamides is 1. The molecule has 3 heterocycles. The van der Waals surface area contributed by atoms with E-state index < -0.39 is 16.1 Å². The van der Waals surface area contributed by atoms with Gasteiger partial charge in [-0.05, 0) is 42.5 Å². The Morgan fingerprint density at radius 1 is 0.857 bits per heavy atom. The van der Waals surface area contributed by atoms with Crippen LogP contribution in [-0.4, -0.2) is 60.8 Å². The number of carbonyl (C=O) groups is 1. The molecule has 1 amide bonds. The van der Waals surface area contributed by atoms with E-state index in [1.807, 2.05) is 39.9 Å². The second-order valence-electron chi connectivity index (χ2n) is 8.74. The first-order valence-electron chi connectivity index (χ1n) is 11.5. The minimum atomic E-state index is -3.74. The fourth-order valence-corrected chi connectivity index (χ4v) is 6.76. The average molecular weight is 533 g/mol. The van der Waals surface area contributed by atoms with Crippen LogP contribution in [0.2, 0.25) is 10.0 Å². The van der Waals surface area contributed by atoms with Crippen LogP contribution in [0.1, 0.15) is 18.2 Å². The van der Waals surface area contributed by atoms with Crippen molar-refractivity contribution in [1.29, 1.82) is 0 Å². The molecule has 2 aliphatic rings. The van der Waals surface area contributed by atoms with E-state index in [0.717, 1.165) is 11.4 Å². The lowest BCUT2D eigenvalue weighted by Gasteiger charge is -2.39. The number of carbonyl (C=O) groups excluding carboxylic acids is 1. The highest BCUT2D eigenvalue weighted by molar-refractivity contribution is 7.89. The maximum atomic E-state index is 13.5. The molecule has 2 aromatic carbocycles. The summed E-state index contributed by atoms with van der Waals surface area (Å²) in [5, 5.41) is 1.01. The lowest BCUT2D eigenvalue weighted by molar-refractivity contribution is -0.132. The van der Waals surface area contributed by atoms with Gasteiger partial charge in [-0.25, -0.2) is 8.42 Å². The van der Waals surface area contributed by atoms with Crippen LogP contribution in [0.4, 0.5) is 5.69 Å². The maximum absolute atomic E-state index is 13.5. The van der Waals surface area contributed by atoms with E-state index in [1.165, 1.54) is 4.31 Å². The summed E-state index contributed by atoms with van der Waals surface area (Å²) < 4.78 is 30.5. The van der Waals surface area contributed by atoms with Gasteiger partial charge in [-0.1, -0.05) is 41.4 Å². The highest BCUT2D eigenvalue weighted by Crippen LogP contribution is 2.34. The number of rotatable bonds is 5. The number of hydrogen-bond acceptors (Lipinski definition) is 4.